The molecular weight excluding hydrogens is 234 g/mol. The van der Waals surface area contributed by atoms with E-state index in [-0.39, 0.29) is 5.70 Å². The Labute approximate surface area is 112 Å². The molecule has 2 aromatic rings. The van der Waals surface area contributed by atoms with Crippen LogP contribution in [-0.2, 0) is 0 Å². The highest BCUT2D eigenvalue weighted by Crippen LogP contribution is 2.29. The predicted octanol–water partition coefficient (Wildman–Crippen LogP) is 3.69. The minimum atomic E-state index is 0.0998. The zero-order valence-electron chi connectivity index (χ0n) is 10.9. The molecular formula is C16H13N3. The molecule has 0 heterocycles. The third-order valence-electron chi connectivity index (χ3n) is 2.94. The molecule has 2 aromatic carbocycles. The van der Waals surface area contributed by atoms with E-state index < -0.39 is 0 Å². The lowest BCUT2D eigenvalue weighted by atomic mass is 10.0. The number of allylic oxidation sites excluding steroid dienone is 1. The number of nitrogens with zero attached hydrogens (tertiary/aromatic N) is 3. The number of hydrogen-bond acceptors (Lipinski definition) is 2. The molecule has 0 atom stereocenters. The first-order chi connectivity index (χ1) is 9.17. The van der Waals surface area contributed by atoms with Crippen LogP contribution in [0.15, 0.2) is 42.1 Å². The molecule has 0 amide bonds. The summed E-state index contributed by atoms with van der Waals surface area (Å²) in [6.45, 7) is 6.95. The van der Waals surface area contributed by atoms with Gasteiger partial charge in [0.15, 0.2) is 0 Å². The van der Waals surface area contributed by atoms with E-state index in [1.54, 1.807) is 6.08 Å². The Morgan fingerprint density at radius 3 is 2.47 bits per heavy atom. The van der Waals surface area contributed by atoms with Crippen molar-refractivity contribution < 1.29 is 0 Å². The van der Waals surface area contributed by atoms with Gasteiger partial charge in [0.1, 0.15) is 0 Å². The number of nitriles is 1. The smallest absolute Gasteiger partial charge is 0.262 e. The summed E-state index contributed by atoms with van der Waals surface area (Å²) in [5, 5.41) is 11.0. The third-order valence-corrected chi connectivity index (χ3v) is 2.94. The number of rotatable bonds is 2. The van der Waals surface area contributed by atoms with Gasteiger partial charge in [-0.15, -0.1) is 0 Å². The van der Waals surface area contributed by atoms with Crippen LogP contribution in [0.4, 0.5) is 5.69 Å². The van der Waals surface area contributed by atoms with Crippen LogP contribution >= 0.6 is 0 Å². The second-order valence-corrected chi connectivity index (χ2v) is 4.37. The summed E-state index contributed by atoms with van der Waals surface area (Å²) in [6, 6.07) is 13.9. The quantitative estimate of drug-likeness (QED) is 0.598. The van der Waals surface area contributed by atoms with Crippen molar-refractivity contribution in [1.29, 1.82) is 5.26 Å². The van der Waals surface area contributed by atoms with E-state index in [0.29, 0.717) is 0 Å². The predicted molar refractivity (Wildman–Crippen MR) is 78.5 cm³/mol. The summed E-state index contributed by atoms with van der Waals surface area (Å²) in [4.78, 5) is 5.26. The van der Waals surface area contributed by atoms with Gasteiger partial charge < -0.3 is 4.90 Å². The van der Waals surface area contributed by atoms with Crippen LogP contribution in [0.25, 0.3) is 21.7 Å². The normalized spacial score (nSPS) is 10.8. The molecule has 2 rings (SSSR count). The van der Waals surface area contributed by atoms with Crippen molar-refractivity contribution in [1.82, 2.24) is 0 Å². The van der Waals surface area contributed by atoms with Crippen LogP contribution in [-0.4, -0.2) is 14.1 Å². The van der Waals surface area contributed by atoms with Crippen molar-refractivity contribution in [2.24, 2.45) is 0 Å². The molecule has 0 aromatic heterocycles. The number of hydrogen-bond donors (Lipinski definition) is 0. The molecule has 0 spiro atoms. The Balaban J connectivity index is 2.74. The van der Waals surface area contributed by atoms with E-state index in [9.17, 15) is 0 Å². The minimum absolute atomic E-state index is 0.0998. The van der Waals surface area contributed by atoms with E-state index in [0.717, 1.165) is 22.0 Å². The average Bonchev–Trinajstić information content (AvgIpc) is 2.44. The van der Waals surface area contributed by atoms with E-state index in [2.05, 4.69) is 9.74 Å². The van der Waals surface area contributed by atoms with Crippen LogP contribution in [0.5, 0.6) is 0 Å². The largest absolute Gasteiger partial charge is 0.377 e. The molecule has 0 radical (unpaired) electrons. The Kier molecular flexibility index (Phi) is 3.50. The molecule has 92 valence electrons. The first-order valence-corrected chi connectivity index (χ1v) is 5.85. The topological polar surface area (TPSA) is 31.4 Å². The summed E-state index contributed by atoms with van der Waals surface area (Å²) < 4.78 is 0. The van der Waals surface area contributed by atoms with Gasteiger partial charge in [0, 0.05) is 25.2 Å². The van der Waals surface area contributed by atoms with Gasteiger partial charge in [-0.1, -0.05) is 30.3 Å². The summed E-state index contributed by atoms with van der Waals surface area (Å²) in [7, 11) is 3.99. The van der Waals surface area contributed by atoms with Crippen LogP contribution in [0.1, 0.15) is 5.56 Å². The van der Waals surface area contributed by atoms with E-state index in [1.165, 1.54) is 0 Å². The Morgan fingerprint density at radius 2 is 1.89 bits per heavy atom. The van der Waals surface area contributed by atoms with Gasteiger partial charge in [0.25, 0.3) is 5.70 Å². The highest BCUT2D eigenvalue weighted by atomic mass is 15.1. The summed E-state index contributed by atoms with van der Waals surface area (Å²) in [6.07, 6.45) is 1.63. The lowest BCUT2D eigenvalue weighted by molar-refractivity contribution is 1.14. The van der Waals surface area contributed by atoms with Gasteiger partial charge in [0.05, 0.1) is 12.6 Å². The zero-order chi connectivity index (χ0) is 13.8. The van der Waals surface area contributed by atoms with Crippen LogP contribution < -0.4 is 4.90 Å². The fraction of sp³-hybridized carbons (Fsp3) is 0.125. The number of anilines is 1. The maximum atomic E-state index is 8.86. The summed E-state index contributed by atoms with van der Waals surface area (Å²) >= 11 is 0. The second kappa shape index (κ2) is 5.25. The first kappa shape index (κ1) is 12.7. The van der Waals surface area contributed by atoms with Crippen molar-refractivity contribution in [3.05, 3.63) is 59.1 Å². The number of fused-ring (bicyclic) bond motifs is 1. The molecule has 3 nitrogen and oxygen atoms in total. The van der Waals surface area contributed by atoms with Crippen molar-refractivity contribution in [3.8, 4) is 6.07 Å². The average molecular weight is 247 g/mol. The fourth-order valence-electron chi connectivity index (χ4n) is 2.06. The molecule has 0 saturated heterocycles. The van der Waals surface area contributed by atoms with Gasteiger partial charge in [-0.25, -0.2) is 10.1 Å². The van der Waals surface area contributed by atoms with Gasteiger partial charge >= 0.3 is 0 Å². The standard InChI is InChI=1S/C16H13N3/c1-18-13(11-17)10-12-8-9-16(19(2)3)15-7-5-4-6-14(12)15/h4-10H,2-3H3/b13-10+. The summed E-state index contributed by atoms with van der Waals surface area (Å²) in [5.74, 6) is 0. The summed E-state index contributed by atoms with van der Waals surface area (Å²) in [5.41, 5.74) is 2.12. The van der Waals surface area contributed by atoms with E-state index in [4.69, 9.17) is 11.8 Å². The van der Waals surface area contributed by atoms with Crippen molar-refractivity contribution in [2.45, 2.75) is 0 Å². The molecule has 0 N–H and O–H groups in total. The zero-order valence-corrected chi connectivity index (χ0v) is 10.9. The lowest BCUT2D eigenvalue weighted by Crippen LogP contribution is -2.09. The molecule has 19 heavy (non-hydrogen) atoms. The lowest BCUT2D eigenvalue weighted by Gasteiger charge is -2.16. The van der Waals surface area contributed by atoms with Crippen LogP contribution in [0.3, 0.4) is 0 Å². The maximum absolute atomic E-state index is 8.86. The molecule has 0 aliphatic heterocycles. The van der Waals surface area contributed by atoms with Gasteiger partial charge in [-0.05, 0) is 23.1 Å². The van der Waals surface area contributed by atoms with Crippen LogP contribution in [0, 0.1) is 17.9 Å². The third kappa shape index (κ3) is 2.41. The highest BCUT2D eigenvalue weighted by molar-refractivity contribution is 5.99. The number of benzene rings is 2. The van der Waals surface area contributed by atoms with Crippen molar-refractivity contribution >= 4 is 22.5 Å². The molecule has 0 bridgehead atoms. The van der Waals surface area contributed by atoms with Gasteiger partial charge in [-0.3, -0.25) is 0 Å². The highest BCUT2D eigenvalue weighted by Gasteiger charge is 2.06. The molecule has 3 heteroatoms. The Hall–Kier alpha value is -2.78. The fourth-order valence-corrected chi connectivity index (χ4v) is 2.06. The van der Waals surface area contributed by atoms with E-state index >= 15 is 0 Å². The van der Waals surface area contributed by atoms with Crippen LogP contribution in [0.2, 0.25) is 0 Å². The first-order valence-electron chi connectivity index (χ1n) is 5.85. The Morgan fingerprint density at radius 1 is 1.21 bits per heavy atom. The molecule has 0 saturated carbocycles. The van der Waals surface area contributed by atoms with Gasteiger partial charge in [0.2, 0.25) is 0 Å². The second-order valence-electron chi connectivity index (χ2n) is 4.37. The van der Waals surface area contributed by atoms with Crippen molar-refractivity contribution in [2.75, 3.05) is 19.0 Å². The molecule has 0 fully saturated rings. The molecule has 0 aliphatic carbocycles. The SMILES string of the molecule is [C-]#[N+]/C(C#N)=C/c1ccc(N(C)C)c2ccccc12. The minimum Gasteiger partial charge on any atom is -0.377 e. The monoisotopic (exact) mass is 247 g/mol. The molecule has 0 aliphatic rings. The maximum Gasteiger partial charge on any atom is 0.262 e. The van der Waals surface area contributed by atoms with Crippen molar-refractivity contribution in [3.63, 3.8) is 0 Å². The Bertz CT molecular complexity index is 712. The van der Waals surface area contributed by atoms with E-state index in [1.807, 2.05) is 56.6 Å². The molecule has 0 unspecified atom stereocenters. The van der Waals surface area contributed by atoms with Gasteiger partial charge in [-0.2, -0.15) is 0 Å².